The first-order valence-corrected chi connectivity index (χ1v) is 10.9. The zero-order valence-corrected chi connectivity index (χ0v) is 18.0. The molecule has 1 amide bonds. The molecule has 1 saturated heterocycles. The van der Waals surface area contributed by atoms with Gasteiger partial charge in [-0.05, 0) is 45.1 Å². The maximum Gasteiger partial charge on any atom is 0.323 e. The van der Waals surface area contributed by atoms with E-state index in [4.69, 9.17) is 4.74 Å². The highest BCUT2D eigenvalue weighted by Gasteiger charge is 2.33. The fraction of sp³-hybridized carbons (Fsp3) is 0.609. The van der Waals surface area contributed by atoms with Crippen LogP contribution in [0.15, 0.2) is 30.3 Å². The summed E-state index contributed by atoms with van der Waals surface area (Å²) < 4.78 is 5.24. The molecule has 7 heteroatoms. The van der Waals surface area contributed by atoms with Gasteiger partial charge in [0.2, 0.25) is 5.91 Å². The molecule has 1 fully saturated rings. The largest absolute Gasteiger partial charge is 0.480 e. The first kappa shape index (κ1) is 23.9. The second-order valence-electron chi connectivity index (χ2n) is 7.90. The first-order valence-electron chi connectivity index (χ1n) is 10.9. The second-order valence-corrected chi connectivity index (χ2v) is 7.90. The Bertz CT molecular complexity index is 694. The van der Waals surface area contributed by atoms with Gasteiger partial charge in [-0.15, -0.1) is 0 Å². The van der Waals surface area contributed by atoms with Gasteiger partial charge in [-0.3, -0.25) is 19.7 Å². The van der Waals surface area contributed by atoms with Crippen molar-refractivity contribution in [2.75, 3.05) is 13.2 Å². The molecule has 3 atom stereocenters. The van der Waals surface area contributed by atoms with Crippen LogP contribution in [0.4, 0.5) is 0 Å². The minimum atomic E-state index is -1.03. The molecule has 0 radical (unpaired) electrons. The number of hydrogen-bond donors (Lipinski definition) is 2. The smallest absolute Gasteiger partial charge is 0.323 e. The van der Waals surface area contributed by atoms with Crippen molar-refractivity contribution in [3.8, 4) is 0 Å². The molecule has 0 aromatic heterocycles. The van der Waals surface area contributed by atoms with Crippen LogP contribution in [0.2, 0.25) is 0 Å². The maximum atomic E-state index is 13.2. The topological polar surface area (TPSA) is 95.9 Å². The molecule has 166 valence electrons. The molecule has 1 aromatic carbocycles. The van der Waals surface area contributed by atoms with Crippen molar-refractivity contribution in [2.24, 2.45) is 0 Å². The van der Waals surface area contributed by atoms with Gasteiger partial charge in [0, 0.05) is 6.04 Å². The molecule has 0 saturated carbocycles. The standard InChI is InChI=1S/C23H34N2O5/c1-3-30-23(29)20(15-14-18-11-7-5-8-12-18)24-19-13-9-4-6-10-17(2)25(22(19)28)16-21(26)27/h5,7-8,11-12,17,19-20,24H,3-4,6,9-10,13-16H2,1-2H3,(H,26,27). The van der Waals surface area contributed by atoms with E-state index in [1.165, 1.54) is 4.90 Å². The molecule has 1 aromatic rings. The van der Waals surface area contributed by atoms with Gasteiger partial charge in [0.25, 0.3) is 0 Å². The van der Waals surface area contributed by atoms with E-state index >= 15 is 0 Å². The number of esters is 1. The van der Waals surface area contributed by atoms with Crippen LogP contribution in [-0.4, -0.2) is 59.1 Å². The van der Waals surface area contributed by atoms with Crippen molar-refractivity contribution in [3.05, 3.63) is 35.9 Å². The molecule has 3 unspecified atom stereocenters. The Balaban J connectivity index is 2.16. The van der Waals surface area contributed by atoms with Crippen LogP contribution in [0, 0.1) is 0 Å². The van der Waals surface area contributed by atoms with Gasteiger partial charge in [-0.25, -0.2) is 0 Å². The minimum Gasteiger partial charge on any atom is -0.480 e. The molecule has 2 rings (SSSR count). The number of benzene rings is 1. The number of nitrogens with one attached hydrogen (secondary N) is 1. The van der Waals surface area contributed by atoms with E-state index in [-0.39, 0.29) is 31.1 Å². The summed E-state index contributed by atoms with van der Waals surface area (Å²) in [6, 6.07) is 8.48. The lowest BCUT2D eigenvalue weighted by Gasteiger charge is -2.32. The van der Waals surface area contributed by atoms with Gasteiger partial charge in [0.1, 0.15) is 12.6 Å². The lowest BCUT2D eigenvalue weighted by molar-refractivity contribution is -0.149. The van der Waals surface area contributed by atoms with Crippen molar-refractivity contribution in [1.29, 1.82) is 0 Å². The Morgan fingerprint density at radius 2 is 1.90 bits per heavy atom. The average molecular weight is 419 g/mol. The number of rotatable bonds is 9. The summed E-state index contributed by atoms with van der Waals surface area (Å²) in [5, 5.41) is 12.5. The number of aliphatic carboxylic acids is 1. The van der Waals surface area contributed by atoms with Crippen LogP contribution >= 0.6 is 0 Å². The van der Waals surface area contributed by atoms with Gasteiger partial charge in [0.05, 0.1) is 12.6 Å². The number of hydrogen-bond acceptors (Lipinski definition) is 5. The van der Waals surface area contributed by atoms with E-state index in [0.29, 0.717) is 19.3 Å². The molecule has 1 heterocycles. The number of aryl methyl sites for hydroxylation is 1. The second kappa shape index (κ2) is 12.3. The van der Waals surface area contributed by atoms with Crippen LogP contribution in [-0.2, 0) is 25.5 Å². The Morgan fingerprint density at radius 3 is 2.57 bits per heavy atom. The van der Waals surface area contributed by atoms with Crippen molar-refractivity contribution >= 4 is 17.8 Å². The quantitative estimate of drug-likeness (QED) is 0.599. The molecule has 2 N–H and O–H groups in total. The summed E-state index contributed by atoms with van der Waals surface area (Å²) in [5.41, 5.74) is 1.11. The molecule has 1 aliphatic heterocycles. The van der Waals surface area contributed by atoms with Gasteiger partial charge in [-0.1, -0.05) is 49.6 Å². The zero-order valence-electron chi connectivity index (χ0n) is 18.0. The van der Waals surface area contributed by atoms with Crippen molar-refractivity contribution in [2.45, 2.75) is 76.9 Å². The number of nitrogens with zero attached hydrogens (tertiary/aromatic N) is 1. The summed E-state index contributed by atoms with van der Waals surface area (Å²) in [7, 11) is 0. The minimum absolute atomic E-state index is 0.152. The third-order valence-electron chi connectivity index (χ3n) is 5.57. The lowest BCUT2D eigenvalue weighted by atomic mass is 10.0. The van der Waals surface area contributed by atoms with Crippen molar-refractivity contribution in [1.82, 2.24) is 10.2 Å². The third-order valence-corrected chi connectivity index (χ3v) is 5.57. The number of carbonyl (C=O) groups excluding carboxylic acids is 2. The Labute approximate surface area is 178 Å². The molecule has 7 nitrogen and oxygen atoms in total. The van der Waals surface area contributed by atoms with Crippen LogP contribution in [0.5, 0.6) is 0 Å². The highest BCUT2D eigenvalue weighted by Crippen LogP contribution is 2.19. The van der Waals surface area contributed by atoms with E-state index in [9.17, 15) is 19.5 Å². The summed E-state index contributed by atoms with van der Waals surface area (Å²) in [4.78, 5) is 38.6. The van der Waals surface area contributed by atoms with Crippen LogP contribution in [0.25, 0.3) is 0 Å². The molecule has 0 aliphatic carbocycles. The Kier molecular flexibility index (Phi) is 9.80. The van der Waals surface area contributed by atoms with Crippen molar-refractivity contribution < 1.29 is 24.2 Å². The van der Waals surface area contributed by atoms with Crippen LogP contribution < -0.4 is 5.32 Å². The predicted octanol–water partition coefficient (Wildman–Crippen LogP) is 2.77. The summed E-state index contributed by atoms with van der Waals surface area (Å²) in [5.74, 6) is -1.65. The zero-order chi connectivity index (χ0) is 21.9. The molecule has 1 aliphatic rings. The fourth-order valence-corrected chi connectivity index (χ4v) is 3.91. The van der Waals surface area contributed by atoms with E-state index in [2.05, 4.69) is 5.32 Å². The lowest BCUT2D eigenvalue weighted by Crippen LogP contribution is -2.55. The molecular weight excluding hydrogens is 384 g/mol. The van der Waals surface area contributed by atoms with Gasteiger partial charge < -0.3 is 14.7 Å². The number of carboxylic acids is 1. The predicted molar refractivity (Wildman–Crippen MR) is 114 cm³/mol. The summed E-state index contributed by atoms with van der Waals surface area (Å²) in [6.45, 7) is 3.59. The van der Waals surface area contributed by atoms with Gasteiger partial charge in [0.15, 0.2) is 0 Å². The number of carbonyl (C=O) groups is 3. The maximum absolute atomic E-state index is 13.2. The molecule has 0 bridgehead atoms. The number of ether oxygens (including phenoxy) is 1. The van der Waals surface area contributed by atoms with E-state index in [0.717, 1.165) is 31.2 Å². The third kappa shape index (κ3) is 7.44. The average Bonchev–Trinajstić information content (AvgIpc) is 2.78. The number of amides is 1. The van der Waals surface area contributed by atoms with Crippen LogP contribution in [0.1, 0.15) is 57.9 Å². The SMILES string of the molecule is CCOC(=O)C(CCc1ccccc1)NC1CCCCCC(C)N(CC(=O)O)C1=O. The highest BCUT2D eigenvalue weighted by atomic mass is 16.5. The molecule has 0 spiro atoms. The highest BCUT2D eigenvalue weighted by molar-refractivity contribution is 5.86. The normalized spacial score (nSPS) is 21.3. The Hall–Kier alpha value is -2.41. The Morgan fingerprint density at radius 1 is 1.20 bits per heavy atom. The van der Waals surface area contributed by atoms with E-state index in [1.807, 2.05) is 37.3 Å². The number of carboxylic acid groups (broad SMARTS) is 1. The molecular formula is C23H34N2O5. The van der Waals surface area contributed by atoms with Gasteiger partial charge in [-0.2, -0.15) is 0 Å². The molecule has 30 heavy (non-hydrogen) atoms. The fourth-order valence-electron chi connectivity index (χ4n) is 3.91. The van der Waals surface area contributed by atoms with Crippen molar-refractivity contribution in [3.63, 3.8) is 0 Å². The van der Waals surface area contributed by atoms with E-state index in [1.54, 1.807) is 6.92 Å². The van der Waals surface area contributed by atoms with Crippen LogP contribution in [0.3, 0.4) is 0 Å². The van der Waals surface area contributed by atoms with Gasteiger partial charge >= 0.3 is 11.9 Å². The first-order chi connectivity index (χ1) is 14.4. The summed E-state index contributed by atoms with van der Waals surface area (Å²) >= 11 is 0. The van der Waals surface area contributed by atoms with E-state index < -0.39 is 18.1 Å². The summed E-state index contributed by atoms with van der Waals surface area (Å²) in [6.07, 6.45) is 5.31. The monoisotopic (exact) mass is 418 g/mol.